The van der Waals surface area contributed by atoms with E-state index in [0.29, 0.717) is 5.84 Å². The van der Waals surface area contributed by atoms with E-state index in [1.165, 1.54) is 30.2 Å². The van der Waals surface area contributed by atoms with Crippen LogP contribution in [0, 0.1) is 11.6 Å². The quantitative estimate of drug-likeness (QED) is 0.541. The molecule has 0 saturated carbocycles. The highest BCUT2D eigenvalue weighted by molar-refractivity contribution is 6.68. The molecular weight excluding hydrogens is 509 g/mol. The Morgan fingerprint density at radius 3 is 2.63 bits per heavy atom. The maximum Gasteiger partial charge on any atom is 0.324 e. The normalized spacial score (nSPS) is 19.1. The van der Waals surface area contributed by atoms with Crippen LogP contribution in [0.2, 0.25) is 5.02 Å². The van der Waals surface area contributed by atoms with Crippen molar-refractivity contribution in [3.8, 4) is 17.2 Å². The molecule has 0 aliphatic carbocycles. The van der Waals surface area contributed by atoms with Gasteiger partial charge in [-0.3, -0.25) is 4.90 Å². The van der Waals surface area contributed by atoms with Gasteiger partial charge in [-0.25, -0.2) is 23.6 Å². The van der Waals surface area contributed by atoms with Crippen LogP contribution in [-0.2, 0) is 6.61 Å². The summed E-state index contributed by atoms with van der Waals surface area (Å²) in [5, 5.41) is 12.2. The number of nitrogens with one attached hydrogen (secondary N) is 1. The molecule has 1 saturated heterocycles. The molecule has 2 amide bonds. The number of carbonyl (C=O) groups excluding carboxylic acids is 1. The second kappa shape index (κ2) is 10.2. The second-order valence-electron chi connectivity index (χ2n) is 7.47. The van der Waals surface area contributed by atoms with Gasteiger partial charge in [-0.15, -0.1) is 0 Å². The molecule has 2 aliphatic rings. The number of aliphatic hydroxyl groups excluding tert-OH is 1. The number of nitrogens with zero attached hydrogens (tertiary/aromatic N) is 3. The number of urea groups is 1. The molecular formula is C22H20Cl2F2N4O5. The molecule has 9 nitrogen and oxygen atoms in total. The third kappa shape index (κ3) is 4.84. The topological polar surface area (TPSA) is 105 Å². The molecule has 4 rings (SSSR count). The number of fused-ring (bicyclic) bond motifs is 1. The molecule has 35 heavy (non-hydrogen) atoms. The molecule has 0 spiro atoms. The molecule has 2 aromatic carbocycles. The average molecular weight is 529 g/mol. The number of rotatable bonds is 8. The van der Waals surface area contributed by atoms with Crippen molar-refractivity contribution in [2.75, 3.05) is 25.2 Å². The van der Waals surface area contributed by atoms with Gasteiger partial charge in [-0.1, -0.05) is 23.2 Å². The SMILES string of the molecule is COc1ccc(F)c(F)c1COc1cc(N2C(=O)NC3C(Cl)=NC(C)=NC32)c(Cl)cc1OCCO. The van der Waals surface area contributed by atoms with Crippen LogP contribution in [0.5, 0.6) is 17.2 Å². The van der Waals surface area contributed by atoms with E-state index in [2.05, 4.69) is 15.3 Å². The summed E-state index contributed by atoms with van der Waals surface area (Å²) in [6, 6.07) is 3.81. The molecule has 2 N–H and O–H groups in total. The summed E-state index contributed by atoms with van der Waals surface area (Å²) in [4.78, 5) is 22.6. The molecule has 0 bridgehead atoms. The number of aliphatic imine (C=N–C) groups is 2. The summed E-state index contributed by atoms with van der Waals surface area (Å²) in [6.45, 7) is 0.823. The van der Waals surface area contributed by atoms with E-state index in [4.69, 9.17) is 42.5 Å². The number of carbonyl (C=O) groups is 1. The standard InChI is InChI=1S/C22H20Cl2F2N4O5/c1-10-27-20(24)19-21(28-10)30(22(32)29-19)14-8-17(16(7-12(14)23)34-6-5-31)35-9-11-15(33-2)4-3-13(25)18(11)26/h3-4,7-8,19,21,31H,5-6,9H2,1-2H3,(H,29,32). The average Bonchev–Trinajstić information content (AvgIpc) is 3.15. The summed E-state index contributed by atoms with van der Waals surface area (Å²) in [5.41, 5.74) is 0.0456. The number of anilines is 1. The molecule has 2 aromatic rings. The first-order valence-electron chi connectivity index (χ1n) is 10.3. The Balaban J connectivity index is 1.72. The minimum atomic E-state index is -1.13. The third-order valence-corrected chi connectivity index (χ3v) is 5.89. The zero-order valence-electron chi connectivity index (χ0n) is 18.5. The van der Waals surface area contributed by atoms with Crippen LogP contribution in [0.3, 0.4) is 0 Å². The monoisotopic (exact) mass is 528 g/mol. The predicted molar refractivity (Wildman–Crippen MR) is 126 cm³/mol. The molecule has 1 fully saturated rings. The first-order valence-corrected chi connectivity index (χ1v) is 11.1. The molecule has 2 heterocycles. The van der Waals surface area contributed by atoms with Gasteiger partial charge in [-0.2, -0.15) is 0 Å². The summed E-state index contributed by atoms with van der Waals surface area (Å²) < 4.78 is 44.6. The van der Waals surface area contributed by atoms with Gasteiger partial charge in [0.05, 0.1) is 30.0 Å². The zero-order valence-corrected chi connectivity index (χ0v) is 20.0. The van der Waals surface area contributed by atoms with Gasteiger partial charge in [0.15, 0.2) is 29.3 Å². The Hall–Kier alpha value is -3.15. The van der Waals surface area contributed by atoms with Gasteiger partial charge < -0.3 is 24.6 Å². The van der Waals surface area contributed by atoms with Gasteiger partial charge in [0.2, 0.25) is 0 Å². The number of benzene rings is 2. The van der Waals surface area contributed by atoms with Crippen LogP contribution >= 0.6 is 23.2 Å². The number of ether oxygens (including phenoxy) is 3. The van der Waals surface area contributed by atoms with Crippen LogP contribution in [-0.4, -0.2) is 54.7 Å². The minimum Gasteiger partial charge on any atom is -0.496 e. The molecule has 186 valence electrons. The van der Waals surface area contributed by atoms with Crippen molar-refractivity contribution >= 4 is 45.9 Å². The Morgan fingerprint density at radius 2 is 1.91 bits per heavy atom. The largest absolute Gasteiger partial charge is 0.496 e. The van der Waals surface area contributed by atoms with E-state index in [1.54, 1.807) is 6.92 Å². The van der Waals surface area contributed by atoms with Gasteiger partial charge in [0, 0.05) is 12.1 Å². The first kappa shape index (κ1) is 25.0. The van der Waals surface area contributed by atoms with Crippen LogP contribution < -0.4 is 24.4 Å². The van der Waals surface area contributed by atoms with E-state index in [9.17, 15) is 13.6 Å². The molecule has 0 aromatic heterocycles. The van der Waals surface area contributed by atoms with Gasteiger partial charge in [0.1, 0.15) is 36.0 Å². The number of amides is 2. The Morgan fingerprint density at radius 1 is 1.17 bits per heavy atom. The molecule has 2 atom stereocenters. The maximum absolute atomic E-state index is 14.4. The zero-order chi connectivity index (χ0) is 25.3. The fourth-order valence-electron chi connectivity index (χ4n) is 3.70. The van der Waals surface area contributed by atoms with Crippen LogP contribution in [0.25, 0.3) is 0 Å². The van der Waals surface area contributed by atoms with Gasteiger partial charge >= 0.3 is 6.03 Å². The van der Waals surface area contributed by atoms with Crippen molar-refractivity contribution in [3.05, 3.63) is 46.5 Å². The highest BCUT2D eigenvalue weighted by atomic mass is 35.5. The first-order chi connectivity index (χ1) is 16.7. The number of hydrogen-bond donors (Lipinski definition) is 2. The van der Waals surface area contributed by atoms with Crippen molar-refractivity contribution < 1.29 is 32.9 Å². The number of aliphatic hydroxyl groups is 1. The lowest BCUT2D eigenvalue weighted by atomic mass is 10.2. The summed E-state index contributed by atoms with van der Waals surface area (Å²) in [6.07, 6.45) is -0.761. The summed E-state index contributed by atoms with van der Waals surface area (Å²) >= 11 is 12.7. The highest BCUT2D eigenvalue weighted by Gasteiger charge is 2.45. The lowest BCUT2D eigenvalue weighted by molar-refractivity contribution is 0.191. The number of hydrogen-bond acceptors (Lipinski definition) is 7. The fraction of sp³-hybridized carbons (Fsp3) is 0.318. The number of methoxy groups -OCH3 is 1. The number of halogens is 4. The Bertz CT molecular complexity index is 1230. The predicted octanol–water partition coefficient (Wildman–Crippen LogP) is 3.87. The van der Waals surface area contributed by atoms with Crippen molar-refractivity contribution in [3.63, 3.8) is 0 Å². The molecule has 13 heteroatoms. The van der Waals surface area contributed by atoms with Gasteiger partial charge in [0.25, 0.3) is 0 Å². The molecule has 2 unspecified atom stereocenters. The fourth-order valence-corrected chi connectivity index (χ4v) is 4.23. The van der Waals surface area contributed by atoms with E-state index in [0.717, 1.165) is 6.07 Å². The lowest BCUT2D eigenvalue weighted by Crippen LogP contribution is -2.41. The van der Waals surface area contributed by atoms with E-state index < -0.39 is 36.5 Å². The second-order valence-corrected chi connectivity index (χ2v) is 8.27. The molecule has 0 radical (unpaired) electrons. The maximum atomic E-state index is 14.4. The van der Waals surface area contributed by atoms with Crippen LogP contribution in [0.1, 0.15) is 12.5 Å². The van der Waals surface area contributed by atoms with Crippen LogP contribution in [0.15, 0.2) is 34.3 Å². The van der Waals surface area contributed by atoms with E-state index in [-0.39, 0.29) is 51.9 Å². The van der Waals surface area contributed by atoms with Crippen molar-refractivity contribution in [1.29, 1.82) is 0 Å². The van der Waals surface area contributed by atoms with E-state index >= 15 is 0 Å². The van der Waals surface area contributed by atoms with E-state index in [1.807, 2.05) is 0 Å². The highest BCUT2D eigenvalue weighted by Crippen LogP contribution is 2.41. The van der Waals surface area contributed by atoms with Crippen LogP contribution in [0.4, 0.5) is 19.3 Å². The van der Waals surface area contributed by atoms with Crippen molar-refractivity contribution in [1.82, 2.24) is 5.32 Å². The van der Waals surface area contributed by atoms with Crippen molar-refractivity contribution in [2.24, 2.45) is 9.98 Å². The third-order valence-electron chi connectivity index (χ3n) is 5.27. The Labute approximate surface area is 208 Å². The minimum absolute atomic E-state index is 0.0519. The number of amidine groups is 1. The van der Waals surface area contributed by atoms with Crippen molar-refractivity contribution in [2.45, 2.75) is 25.7 Å². The summed E-state index contributed by atoms with van der Waals surface area (Å²) in [7, 11) is 1.32. The smallest absolute Gasteiger partial charge is 0.324 e. The van der Waals surface area contributed by atoms with Gasteiger partial charge in [-0.05, 0) is 19.1 Å². The lowest BCUT2D eigenvalue weighted by Gasteiger charge is -2.26. The molecule has 2 aliphatic heterocycles. The Kier molecular flexibility index (Phi) is 7.29. The summed E-state index contributed by atoms with van der Waals surface area (Å²) in [5.74, 6) is -1.57.